The highest BCUT2D eigenvalue weighted by atomic mass is 35.5. The van der Waals surface area contributed by atoms with Gasteiger partial charge in [-0.15, -0.1) is 12.4 Å². The van der Waals surface area contributed by atoms with Crippen molar-refractivity contribution in [3.8, 4) is 0 Å². The number of halogens is 1. The molecule has 0 aliphatic carbocycles. The summed E-state index contributed by atoms with van der Waals surface area (Å²) in [5, 5.41) is 20.8. The van der Waals surface area contributed by atoms with Gasteiger partial charge in [-0.3, -0.25) is 5.41 Å². The molecular weight excluding hydrogens is 288 g/mol. The molecule has 0 saturated carbocycles. The summed E-state index contributed by atoms with van der Waals surface area (Å²) < 4.78 is 4.98. The Morgan fingerprint density at radius 1 is 1.40 bits per heavy atom. The molecule has 0 radical (unpaired) electrons. The number of carboxylic acids is 1. The number of nitrogens with two attached hydrogens (primary N) is 1. The van der Waals surface area contributed by atoms with Crippen molar-refractivity contribution in [1.29, 1.82) is 5.41 Å². The Kier molecular flexibility index (Phi) is 9.53. The largest absolute Gasteiger partial charge is 0.480 e. The summed E-state index contributed by atoms with van der Waals surface area (Å²) in [6.07, 6.45) is -0.0966. The van der Waals surface area contributed by atoms with Crippen molar-refractivity contribution in [2.75, 3.05) is 6.54 Å². The molecule has 0 aromatic rings. The summed E-state index contributed by atoms with van der Waals surface area (Å²) in [6.45, 7) is 5.45. The molecule has 9 heteroatoms. The van der Waals surface area contributed by atoms with Crippen LogP contribution in [0.5, 0.6) is 0 Å². The highest BCUT2D eigenvalue weighted by Crippen LogP contribution is 2.07. The summed E-state index contributed by atoms with van der Waals surface area (Å²) >= 11 is 0. The fourth-order valence-corrected chi connectivity index (χ4v) is 1.24. The van der Waals surface area contributed by atoms with Gasteiger partial charge < -0.3 is 26.2 Å². The van der Waals surface area contributed by atoms with Crippen molar-refractivity contribution in [3.63, 3.8) is 0 Å². The lowest BCUT2D eigenvalue weighted by molar-refractivity contribution is -0.139. The minimum absolute atomic E-state index is 0. The third kappa shape index (κ3) is 11.4. The van der Waals surface area contributed by atoms with Crippen LogP contribution in [0.3, 0.4) is 0 Å². The molecule has 0 aromatic carbocycles. The predicted molar refractivity (Wildman–Crippen MR) is 77.2 cm³/mol. The van der Waals surface area contributed by atoms with Crippen LogP contribution in [-0.2, 0) is 9.53 Å². The van der Waals surface area contributed by atoms with E-state index in [1.165, 1.54) is 0 Å². The average molecular weight is 311 g/mol. The molecule has 0 rings (SSSR count). The van der Waals surface area contributed by atoms with E-state index in [2.05, 4.69) is 10.6 Å². The molecule has 0 spiro atoms. The third-order valence-electron chi connectivity index (χ3n) is 1.97. The molecule has 0 heterocycles. The first-order chi connectivity index (χ1) is 8.61. The normalized spacial score (nSPS) is 11.8. The van der Waals surface area contributed by atoms with Gasteiger partial charge in [0.05, 0.1) is 0 Å². The summed E-state index contributed by atoms with van der Waals surface area (Å²) in [6, 6.07) is -1.02. The number of carbonyl (C=O) groups excluding carboxylic acids is 1. The SMILES string of the molecule is CC(C)(C)OC(=O)N[C@H](CCCNC(=N)N)C(=O)O.Cl. The number of carboxylic acid groups (broad SMARTS) is 1. The molecule has 20 heavy (non-hydrogen) atoms. The maximum atomic E-state index is 11.4. The second-order valence-corrected chi connectivity index (χ2v) is 5.02. The molecule has 0 aliphatic heterocycles. The summed E-state index contributed by atoms with van der Waals surface area (Å²) in [5.41, 5.74) is 4.41. The maximum absolute atomic E-state index is 11.4. The van der Waals surface area contributed by atoms with Crippen LogP contribution in [0.2, 0.25) is 0 Å². The van der Waals surface area contributed by atoms with E-state index < -0.39 is 23.7 Å². The minimum Gasteiger partial charge on any atom is -0.480 e. The third-order valence-corrected chi connectivity index (χ3v) is 1.97. The molecule has 6 N–H and O–H groups in total. The molecule has 1 atom stereocenters. The zero-order chi connectivity index (χ0) is 15.1. The molecular formula is C11H23ClN4O4. The Labute approximate surface area is 124 Å². The van der Waals surface area contributed by atoms with Crippen molar-refractivity contribution in [2.24, 2.45) is 5.73 Å². The standard InChI is InChI=1S/C11H22N4O4.ClH/c1-11(2,3)19-10(18)15-7(8(16)17)5-4-6-14-9(12)13;/h7H,4-6H2,1-3H3,(H,15,18)(H,16,17)(H4,12,13,14);1H/t7-;/m1./s1. The number of rotatable bonds is 6. The summed E-state index contributed by atoms with van der Waals surface area (Å²) in [5.74, 6) is -1.30. The Morgan fingerprint density at radius 2 is 1.95 bits per heavy atom. The number of hydrogen-bond donors (Lipinski definition) is 5. The topological polar surface area (TPSA) is 138 Å². The van der Waals surface area contributed by atoms with E-state index in [0.29, 0.717) is 13.0 Å². The van der Waals surface area contributed by atoms with Crippen molar-refractivity contribution in [1.82, 2.24) is 10.6 Å². The minimum atomic E-state index is -1.13. The van der Waals surface area contributed by atoms with E-state index in [1.807, 2.05) is 0 Å². The van der Waals surface area contributed by atoms with Crippen LogP contribution < -0.4 is 16.4 Å². The molecule has 0 aromatic heterocycles. The van der Waals surface area contributed by atoms with Gasteiger partial charge >= 0.3 is 12.1 Å². The first kappa shape index (κ1) is 20.6. The monoisotopic (exact) mass is 310 g/mol. The number of aliphatic carboxylic acids is 1. The molecule has 118 valence electrons. The van der Waals surface area contributed by atoms with Crippen molar-refractivity contribution in [3.05, 3.63) is 0 Å². The number of alkyl carbamates (subject to hydrolysis) is 1. The van der Waals surface area contributed by atoms with Gasteiger partial charge in [-0.05, 0) is 33.6 Å². The van der Waals surface area contributed by atoms with Crippen molar-refractivity contribution < 1.29 is 19.4 Å². The Bertz CT molecular complexity index is 344. The first-order valence-corrected chi connectivity index (χ1v) is 5.92. The zero-order valence-electron chi connectivity index (χ0n) is 11.9. The molecule has 0 bridgehead atoms. The zero-order valence-corrected chi connectivity index (χ0v) is 12.7. The van der Waals surface area contributed by atoms with Crippen LogP contribution in [0.25, 0.3) is 0 Å². The van der Waals surface area contributed by atoms with Crippen molar-refractivity contribution in [2.45, 2.75) is 45.3 Å². The highest BCUT2D eigenvalue weighted by molar-refractivity contribution is 5.85. The van der Waals surface area contributed by atoms with Gasteiger partial charge in [0.25, 0.3) is 0 Å². The van der Waals surface area contributed by atoms with Gasteiger partial charge in [-0.25, -0.2) is 9.59 Å². The fraction of sp³-hybridized carbons (Fsp3) is 0.727. The molecule has 1 amide bonds. The highest BCUT2D eigenvalue weighted by Gasteiger charge is 2.23. The van der Waals surface area contributed by atoms with E-state index in [4.69, 9.17) is 21.0 Å². The van der Waals surface area contributed by atoms with Crippen LogP contribution in [0.15, 0.2) is 0 Å². The Hall–Kier alpha value is -1.70. The van der Waals surface area contributed by atoms with E-state index in [0.717, 1.165) is 0 Å². The molecule has 0 aliphatic rings. The Balaban J connectivity index is 0. The lowest BCUT2D eigenvalue weighted by Gasteiger charge is -2.22. The quantitative estimate of drug-likeness (QED) is 0.277. The second kappa shape index (κ2) is 9.24. The van der Waals surface area contributed by atoms with E-state index in [1.54, 1.807) is 20.8 Å². The maximum Gasteiger partial charge on any atom is 0.408 e. The van der Waals surface area contributed by atoms with Crippen molar-refractivity contribution >= 4 is 30.4 Å². The number of nitrogens with one attached hydrogen (secondary N) is 3. The van der Waals surface area contributed by atoms with Crippen LogP contribution in [0.4, 0.5) is 4.79 Å². The summed E-state index contributed by atoms with van der Waals surface area (Å²) in [7, 11) is 0. The number of carbonyl (C=O) groups is 2. The van der Waals surface area contributed by atoms with Crippen LogP contribution in [0.1, 0.15) is 33.6 Å². The first-order valence-electron chi connectivity index (χ1n) is 5.92. The van der Waals surface area contributed by atoms with Gasteiger partial charge in [0, 0.05) is 6.54 Å². The van der Waals surface area contributed by atoms with E-state index >= 15 is 0 Å². The van der Waals surface area contributed by atoms with Gasteiger partial charge in [0.15, 0.2) is 5.96 Å². The molecule has 0 saturated heterocycles. The Morgan fingerprint density at radius 3 is 2.35 bits per heavy atom. The van der Waals surface area contributed by atoms with E-state index in [-0.39, 0.29) is 24.8 Å². The molecule has 8 nitrogen and oxygen atoms in total. The number of amides is 1. The predicted octanol–water partition coefficient (Wildman–Crippen LogP) is 0.649. The van der Waals surface area contributed by atoms with Gasteiger partial charge in [-0.1, -0.05) is 0 Å². The number of hydrogen-bond acceptors (Lipinski definition) is 4. The van der Waals surface area contributed by atoms with Gasteiger partial charge in [0.2, 0.25) is 0 Å². The van der Waals surface area contributed by atoms with Crippen LogP contribution in [-0.4, -0.2) is 41.3 Å². The second-order valence-electron chi connectivity index (χ2n) is 5.02. The lowest BCUT2D eigenvalue weighted by Crippen LogP contribution is -2.44. The smallest absolute Gasteiger partial charge is 0.408 e. The van der Waals surface area contributed by atoms with Crippen LogP contribution >= 0.6 is 12.4 Å². The van der Waals surface area contributed by atoms with Gasteiger partial charge in [0.1, 0.15) is 11.6 Å². The summed E-state index contributed by atoms with van der Waals surface area (Å²) in [4.78, 5) is 22.4. The molecule has 0 fully saturated rings. The van der Waals surface area contributed by atoms with E-state index in [9.17, 15) is 9.59 Å². The fourth-order valence-electron chi connectivity index (χ4n) is 1.24. The number of guanidine groups is 1. The van der Waals surface area contributed by atoms with Crippen LogP contribution in [0, 0.1) is 5.41 Å². The van der Waals surface area contributed by atoms with Gasteiger partial charge in [-0.2, -0.15) is 0 Å². The average Bonchev–Trinajstić information content (AvgIpc) is 2.19. The lowest BCUT2D eigenvalue weighted by atomic mass is 10.1. The number of ether oxygens (including phenoxy) is 1. The molecule has 0 unspecified atom stereocenters.